The van der Waals surface area contributed by atoms with Gasteiger partial charge in [-0.25, -0.2) is 9.37 Å². The molecule has 1 aliphatic rings. The third-order valence-corrected chi connectivity index (χ3v) is 4.66. The van der Waals surface area contributed by atoms with Gasteiger partial charge >= 0.3 is 6.18 Å². The summed E-state index contributed by atoms with van der Waals surface area (Å²) < 4.78 is 52.2. The molecule has 0 aliphatic carbocycles. The highest BCUT2D eigenvalue weighted by atomic mass is 35.5. The molecule has 0 saturated carbocycles. The van der Waals surface area contributed by atoms with E-state index in [-0.39, 0.29) is 18.0 Å². The van der Waals surface area contributed by atoms with E-state index in [2.05, 4.69) is 21.9 Å². The fraction of sp³-hybridized carbons (Fsp3) is 0.444. The number of hydrogen-bond acceptors (Lipinski definition) is 4. The number of aromatic nitrogens is 3. The molecule has 2 aromatic rings. The molecule has 3 rings (SSSR count). The Kier molecular flexibility index (Phi) is 5.82. The maximum absolute atomic E-state index is 14.2. The van der Waals surface area contributed by atoms with E-state index in [1.165, 1.54) is 18.6 Å². The molecular formula is C18H17ClF4N4O. The van der Waals surface area contributed by atoms with Gasteiger partial charge in [0, 0.05) is 44.4 Å². The number of halogens is 5. The zero-order chi connectivity index (χ0) is 20.4. The first kappa shape index (κ1) is 20.4. The predicted molar refractivity (Wildman–Crippen MR) is 95.9 cm³/mol. The summed E-state index contributed by atoms with van der Waals surface area (Å²) in [7, 11) is 0. The van der Waals surface area contributed by atoms with Crippen LogP contribution in [0.25, 0.3) is 0 Å². The molecule has 10 heteroatoms. The van der Waals surface area contributed by atoms with Crippen LogP contribution in [0, 0.1) is 11.8 Å². The summed E-state index contributed by atoms with van der Waals surface area (Å²) in [6.45, 7) is -0.968. The van der Waals surface area contributed by atoms with Gasteiger partial charge in [-0.05, 0) is 0 Å². The second kappa shape index (κ2) is 7.97. The van der Waals surface area contributed by atoms with Crippen LogP contribution in [0.15, 0.2) is 24.7 Å². The lowest BCUT2D eigenvalue weighted by molar-refractivity contribution is -0.142. The average molecular weight is 417 g/mol. The van der Waals surface area contributed by atoms with E-state index < -0.39 is 25.0 Å². The van der Waals surface area contributed by atoms with E-state index >= 15 is 0 Å². The van der Waals surface area contributed by atoms with Gasteiger partial charge in [-0.1, -0.05) is 23.4 Å². The molecule has 0 atom stereocenters. The molecule has 1 saturated heterocycles. The molecule has 3 heterocycles. The van der Waals surface area contributed by atoms with Crippen molar-refractivity contribution in [1.82, 2.24) is 14.8 Å². The number of rotatable bonds is 3. The van der Waals surface area contributed by atoms with Gasteiger partial charge in [0.05, 0.1) is 29.6 Å². The van der Waals surface area contributed by atoms with E-state index in [1.54, 1.807) is 6.07 Å². The summed E-state index contributed by atoms with van der Waals surface area (Å²) in [4.78, 5) is 5.90. The maximum atomic E-state index is 14.2. The lowest BCUT2D eigenvalue weighted by atomic mass is 9.94. The van der Waals surface area contributed by atoms with Crippen LogP contribution in [0.4, 0.5) is 23.2 Å². The molecule has 1 N–H and O–H groups in total. The van der Waals surface area contributed by atoms with Crippen LogP contribution in [0.5, 0.6) is 0 Å². The number of nitrogens with zero attached hydrogens (tertiary/aromatic N) is 4. The lowest BCUT2D eigenvalue weighted by Gasteiger charge is -2.37. The van der Waals surface area contributed by atoms with Crippen LogP contribution in [0.2, 0.25) is 5.15 Å². The Bertz CT molecular complexity index is 895. The standard InChI is InChI=1S/C18H17ClF4N4O/c19-16-7-15(26-5-3-17(20,12-28)4-6-26)14(9-24-16)2-1-13-8-25-27(10-13)11-18(21,22)23/h7-10,28H,3-6,11-12H2. The minimum Gasteiger partial charge on any atom is -0.393 e. The van der Waals surface area contributed by atoms with Crippen LogP contribution in [-0.2, 0) is 6.54 Å². The van der Waals surface area contributed by atoms with Crippen molar-refractivity contribution in [2.75, 3.05) is 24.6 Å². The van der Waals surface area contributed by atoms with E-state index in [1.807, 2.05) is 4.90 Å². The smallest absolute Gasteiger partial charge is 0.393 e. The molecule has 1 aliphatic heterocycles. The van der Waals surface area contributed by atoms with Gasteiger partial charge in [0.1, 0.15) is 17.4 Å². The van der Waals surface area contributed by atoms with E-state index in [4.69, 9.17) is 16.7 Å². The van der Waals surface area contributed by atoms with Gasteiger partial charge in [-0.2, -0.15) is 18.3 Å². The Morgan fingerprint density at radius 3 is 2.57 bits per heavy atom. The zero-order valence-electron chi connectivity index (χ0n) is 14.7. The Hall–Kier alpha value is -2.31. The first-order valence-electron chi connectivity index (χ1n) is 8.49. The van der Waals surface area contributed by atoms with Crippen molar-refractivity contribution < 1.29 is 22.7 Å². The van der Waals surface area contributed by atoms with Crippen LogP contribution < -0.4 is 4.90 Å². The zero-order valence-corrected chi connectivity index (χ0v) is 15.4. The molecular weight excluding hydrogens is 400 g/mol. The average Bonchev–Trinajstić information content (AvgIpc) is 3.07. The van der Waals surface area contributed by atoms with Crippen molar-refractivity contribution >= 4 is 17.3 Å². The van der Waals surface area contributed by atoms with E-state index in [0.29, 0.717) is 29.9 Å². The lowest BCUT2D eigenvalue weighted by Crippen LogP contribution is -2.44. The number of hydrogen-bond donors (Lipinski definition) is 1. The van der Waals surface area contributed by atoms with Crippen LogP contribution in [0.3, 0.4) is 0 Å². The van der Waals surface area contributed by atoms with Crippen LogP contribution in [0.1, 0.15) is 24.0 Å². The molecule has 0 spiro atoms. The first-order valence-corrected chi connectivity index (χ1v) is 8.87. The van der Waals surface area contributed by atoms with Gasteiger partial charge in [-0.3, -0.25) is 4.68 Å². The van der Waals surface area contributed by atoms with Crippen molar-refractivity contribution in [2.24, 2.45) is 0 Å². The molecule has 5 nitrogen and oxygen atoms in total. The Balaban J connectivity index is 1.80. The van der Waals surface area contributed by atoms with Crippen molar-refractivity contribution in [3.63, 3.8) is 0 Å². The Morgan fingerprint density at radius 1 is 1.21 bits per heavy atom. The molecule has 0 aromatic carbocycles. The van der Waals surface area contributed by atoms with E-state index in [0.717, 1.165) is 4.68 Å². The van der Waals surface area contributed by atoms with Crippen LogP contribution >= 0.6 is 11.6 Å². The molecule has 1 fully saturated rings. The minimum atomic E-state index is -4.36. The van der Waals surface area contributed by atoms with Crippen molar-refractivity contribution in [1.29, 1.82) is 0 Å². The number of anilines is 1. The summed E-state index contributed by atoms with van der Waals surface area (Å²) >= 11 is 5.98. The monoisotopic (exact) mass is 416 g/mol. The second-order valence-electron chi connectivity index (χ2n) is 6.61. The predicted octanol–water partition coefficient (Wildman–Crippen LogP) is 3.19. The Labute approximate surface area is 163 Å². The van der Waals surface area contributed by atoms with Crippen LogP contribution in [-0.4, -0.2) is 51.4 Å². The van der Waals surface area contributed by atoms with Gasteiger partial charge in [-0.15, -0.1) is 0 Å². The van der Waals surface area contributed by atoms with Gasteiger partial charge in [0.15, 0.2) is 0 Å². The fourth-order valence-electron chi connectivity index (χ4n) is 2.92. The number of aliphatic hydroxyl groups is 1. The van der Waals surface area contributed by atoms with Crippen molar-refractivity contribution in [3.05, 3.63) is 40.9 Å². The number of aliphatic hydroxyl groups excluding tert-OH is 1. The summed E-state index contributed by atoms with van der Waals surface area (Å²) in [5.74, 6) is 5.64. The first-order chi connectivity index (χ1) is 13.2. The maximum Gasteiger partial charge on any atom is 0.408 e. The van der Waals surface area contributed by atoms with Gasteiger partial charge < -0.3 is 10.0 Å². The summed E-state index contributed by atoms with van der Waals surface area (Å²) in [6, 6.07) is 1.61. The highest BCUT2D eigenvalue weighted by Crippen LogP contribution is 2.31. The highest BCUT2D eigenvalue weighted by molar-refractivity contribution is 6.29. The topological polar surface area (TPSA) is 54.2 Å². The number of pyridine rings is 1. The molecule has 28 heavy (non-hydrogen) atoms. The quantitative estimate of drug-likeness (QED) is 0.474. The third-order valence-electron chi connectivity index (χ3n) is 4.45. The van der Waals surface area contributed by atoms with E-state index in [9.17, 15) is 17.6 Å². The van der Waals surface area contributed by atoms with Gasteiger partial charge in [0.2, 0.25) is 0 Å². The molecule has 0 unspecified atom stereocenters. The van der Waals surface area contributed by atoms with Crippen molar-refractivity contribution in [2.45, 2.75) is 31.2 Å². The minimum absolute atomic E-state index is 0.167. The molecule has 0 amide bonds. The van der Waals surface area contributed by atoms with Gasteiger partial charge in [0.25, 0.3) is 0 Å². The van der Waals surface area contributed by atoms with Crippen molar-refractivity contribution in [3.8, 4) is 11.8 Å². The molecule has 0 bridgehead atoms. The number of alkyl halides is 4. The number of piperidine rings is 1. The summed E-state index contributed by atoms with van der Waals surface area (Å²) in [5.41, 5.74) is -0.0861. The largest absolute Gasteiger partial charge is 0.408 e. The molecule has 150 valence electrons. The molecule has 0 radical (unpaired) electrons. The third kappa shape index (κ3) is 5.14. The summed E-state index contributed by atoms with van der Waals surface area (Å²) in [6.07, 6.45) is -0.0991. The normalized spacial score (nSPS) is 16.6. The second-order valence-corrected chi connectivity index (χ2v) is 7.00. The molecule has 2 aromatic heterocycles. The fourth-order valence-corrected chi connectivity index (χ4v) is 3.07. The Morgan fingerprint density at radius 2 is 1.93 bits per heavy atom. The SMILES string of the molecule is OCC1(F)CCN(c2cc(Cl)ncc2C#Cc2cnn(CC(F)(F)F)c2)CC1. The summed E-state index contributed by atoms with van der Waals surface area (Å²) in [5, 5.41) is 13.1. The highest BCUT2D eigenvalue weighted by Gasteiger charge is 2.34.